The fourth-order valence-electron chi connectivity index (χ4n) is 3.93. The van der Waals surface area contributed by atoms with Crippen LogP contribution in [0.4, 0.5) is 11.8 Å². The summed E-state index contributed by atoms with van der Waals surface area (Å²) in [5.41, 5.74) is 1.24. The molecular formula is C20H27BrN6O. The first-order valence-corrected chi connectivity index (χ1v) is 10.7. The molecule has 1 unspecified atom stereocenters. The maximum Gasteiger partial charge on any atom is 0.227 e. The summed E-state index contributed by atoms with van der Waals surface area (Å²) in [5.74, 6) is 1.80. The lowest BCUT2D eigenvalue weighted by Gasteiger charge is -2.38. The SMILES string of the molecule is CN(c1ccnc(N2CCOCC2)n1)C1CCCN(Cc2cncc(Br)c2)C1. The number of halogens is 1. The summed E-state index contributed by atoms with van der Waals surface area (Å²) < 4.78 is 6.48. The molecule has 0 spiro atoms. The Hall–Kier alpha value is -1.77. The van der Waals surface area contributed by atoms with E-state index in [0.717, 1.165) is 62.2 Å². The minimum atomic E-state index is 0.446. The number of aromatic nitrogens is 3. The predicted octanol–water partition coefficient (Wildman–Crippen LogP) is 2.57. The van der Waals surface area contributed by atoms with Crippen LogP contribution in [0.15, 0.2) is 35.2 Å². The molecule has 2 fully saturated rings. The van der Waals surface area contributed by atoms with Crippen LogP contribution in [0.2, 0.25) is 0 Å². The number of piperidine rings is 1. The number of anilines is 2. The second-order valence-electron chi connectivity index (χ2n) is 7.47. The fourth-order valence-corrected chi connectivity index (χ4v) is 4.34. The van der Waals surface area contributed by atoms with Crippen LogP contribution in [-0.2, 0) is 11.3 Å². The smallest absolute Gasteiger partial charge is 0.227 e. The number of likely N-dealkylation sites (tertiary alicyclic amines) is 1. The van der Waals surface area contributed by atoms with Gasteiger partial charge in [0.15, 0.2) is 0 Å². The molecule has 1 atom stereocenters. The van der Waals surface area contributed by atoms with E-state index in [0.29, 0.717) is 6.04 Å². The van der Waals surface area contributed by atoms with Crippen molar-refractivity contribution in [3.8, 4) is 0 Å². The lowest BCUT2D eigenvalue weighted by Crippen LogP contribution is -2.46. The number of nitrogens with zero attached hydrogens (tertiary/aromatic N) is 6. The Kier molecular flexibility index (Phi) is 6.39. The maximum absolute atomic E-state index is 5.44. The Labute approximate surface area is 174 Å². The van der Waals surface area contributed by atoms with Crippen molar-refractivity contribution in [1.82, 2.24) is 19.9 Å². The first kappa shape index (κ1) is 19.5. The summed E-state index contributed by atoms with van der Waals surface area (Å²) in [6, 6.07) is 4.61. The second kappa shape index (κ2) is 9.15. The summed E-state index contributed by atoms with van der Waals surface area (Å²) in [5, 5.41) is 0. The van der Waals surface area contributed by atoms with Gasteiger partial charge in [-0.2, -0.15) is 4.98 Å². The highest BCUT2D eigenvalue weighted by Crippen LogP contribution is 2.23. The van der Waals surface area contributed by atoms with Gasteiger partial charge in [-0.25, -0.2) is 4.98 Å². The van der Waals surface area contributed by atoms with Gasteiger partial charge in [-0.15, -0.1) is 0 Å². The van der Waals surface area contributed by atoms with E-state index in [1.807, 2.05) is 24.7 Å². The number of morpholine rings is 1. The molecule has 28 heavy (non-hydrogen) atoms. The summed E-state index contributed by atoms with van der Waals surface area (Å²) >= 11 is 3.52. The molecule has 7 nitrogen and oxygen atoms in total. The number of hydrogen-bond acceptors (Lipinski definition) is 7. The van der Waals surface area contributed by atoms with Crippen LogP contribution in [-0.4, -0.2) is 72.3 Å². The second-order valence-corrected chi connectivity index (χ2v) is 8.38. The van der Waals surface area contributed by atoms with E-state index in [9.17, 15) is 0 Å². The lowest BCUT2D eigenvalue weighted by molar-refractivity contribution is 0.122. The van der Waals surface area contributed by atoms with Gasteiger partial charge in [-0.1, -0.05) is 0 Å². The van der Waals surface area contributed by atoms with E-state index in [4.69, 9.17) is 9.72 Å². The molecule has 150 valence electrons. The Morgan fingerprint density at radius 1 is 1.25 bits per heavy atom. The molecule has 2 aliphatic heterocycles. The number of rotatable bonds is 5. The minimum absolute atomic E-state index is 0.446. The van der Waals surface area contributed by atoms with Crippen molar-refractivity contribution in [3.63, 3.8) is 0 Å². The van der Waals surface area contributed by atoms with Gasteiger partial charge in [0.05, 0.1) is 13.2 Å². The molecule has 0 N–H and O–H groups in total. The molecule has 0 saturated carbocycles. The molecule has 0 bridgehead atoms. The van der Waals surface area contributed by atoms with E-state index in [2.05, 4.69) is 53.7 Å². The van der Waals surface area contributed by atoms with Gasteiger partial charge in [0, 0.05) is 62.3 Å². The van der Waals surface area contributed by atoms with Crippen molar-refractivity contribution in [3.05, 3.63) is 40.8 Å². The zero-order chi connectivity index (χ0) is 19.3. The first-order valence-electron chi connectivity index (χ1n) is 9.89. The molecule has 0 aromatic carbocycles. The molecule has 0 amide bonds. The summed E-state index contributed by atoms with van der Waals surface area (Å²) in [7, 11) is 2.15. The molecule has 4 rings (SSSR count). The normalized spacial score (nSPS) is 20.9. The average Bonchev–Trinajstić information content (AvgIpc) is 2.74. The van der Waals surface area contributed by atoms with Crippen molar-refractivity contribution in [2.45, 2.75) is 25.4 Å². The van der Waals surface area contributed by atoms with Crippen LogP contribution >= 0.6 is 15.9 Å². The van der Waals surface area contributed by atoms with Crippen LogP contribution in [0.3, 0.4) is 0 Å². The Bertz CT molecular complexity index is 785. The van der Waals surface area contributed by atoms with E-state index in [1.54, 1.807) is 0 Å². The van der Waals surface area contributed by atoms with Crippen LogP contribution < -0.4 is 9.80 Å². The third-order valence-electron chi connectivity index (χ3n) is 5.48. The topological polar surface area (TPSA) is 57.6 Å². The monoisotopic (exact) mass is 446 g/mol. The first-order chi connectivity index (χ1) is 13.7. The quantitative estimate of drug-likeness (QED) is 0.699. The summed E-state index contributed by atoms with van der Waals surface area (Å²) in [6.45, 7) is 6.27. The Balaban J connectivity index is 1.41. The van der Waals surface area contributed by atoms with Crippen LogP contribution in [0, 0.1) is 0 Å². The molecular weight excluding hydrogens is 420 g/mol. The summed E-state index contributed by atoms with van der Waals surface area (Å²) in [4.78, 5) is 20.6. The van der Waals surface area contributed by atoms with E-state index in [1.165, 1.54) is 18.4 Å². The number of hydrogen-bond donors (Lipinski definition) is 0. The van der Waals surface area contributed by atoms with Crippen molar-refractivity contribution >= 4 is 27.7 Å². The highest BCUT2D eigenvalue weighted by Gasteiger charge is 2.25. The number of pyridine rings is 1. The van der Waals surface area contributed by atoms with Gasteiger partial charge in [-0.05, 0) is 53.0 Å². The highest BCUT2D eigenvalue weighted by molar-refractivity contribution is 9.10. The fraction of sp³-hybridized carbons (Fsp3) is 0.550. The van der Waals surface area contributed by atoms with Gasteiger partial charge in [-0.3, -0.25) is 9.88 Å². The Morgan fingerprint density at radius 2 is 2.11 bits per heavy atom. The molecule has 2 aliphatic rings. The molecule has 8 heteroatoms. The van der Waals surface area contributed by atoms with Gasteiger partial charge in [0.1, 0.15) is 5.82 Å². The molecule has 2 aromatic rings. The zero-order valence-corrected chi connectivity index (χ0v) is 17.9. The molecule has 2 aromatic heterocycles. The van der Waals surface area contributed by atoms with E-state index < -0.39 is 0 Å². The van der Waals surface area contributed by atoms with Gasteiger partial charge >= 0.3 is 0 Å². The molecule has 0 radical (unpaired) electrons. The summed E-state index contributed by atoms with van der Waals surface area (Å²) in [6.07, 6.45) is 8.03. The van der Waals surface area contributed by atoms with Crippen LogP contribution in [0.1, 0.15) is 18.4 Å². The zero-order valence-electron chi connectivity index (χ0n) is 16.3. The van der Waals surface area contributed by atoms with Crippen molar-refractivity contribution < 1.29 is 4.74 Å². The largest absolute Gasteiger partial charge is 0.378 e. The molecule has 2 saturated heterocycles. The highest BCUT2D eigenvalue weighted by atomic mass is 79.9. The van der Waals surface area contributed by atoms with Crippen LogP contribution in [0.25, 0.3) is 0 Å². The van der Waals surface area contributed by atoms with Crippen molar-refractivity contribution in [2.24, 2.45) is 0 Å². The van der Waals surface area contributed by atoms with Gasteiger partial charge in [0.2, 0.25) is 5.95 Å². The average molecular weight is 447 g/mol. The maximum atomic E-state index is 5.44. The minimum Gasteiger partial charge on any atom is -0.378 e. The third kappa shape index (κ3) is 4.79. The molecule has 0 aliphatic carbocycles. The van der Waals surface area contributed by atoms with Crippen molar-refractivity contribution in [1.29, 1.82) is 0 Å². The van der Waals surface area contributed by atoms with Gasteiger partial charge < -0.3 is 14.5 Å². The Morgan fingerprint density at radius 3 is 2.93 bits per heavy atom. The third-order valence-corrected chi connectivity index (χ3v) is 5.91. The molecule has 4 heterocycles. The number of likely N-dealkylation sites (N-methyl/N-ethyl adjacent to an activating group) is 1. The van der Waals surface area contributed by atoms with Crippen molar-refractivity contribution in [2.75, 3.05) is 56.2 Å². The van der Waals surface area contributed by atoms with Crippen LogP contribution in [0.5, 0.6) is 0 Å². The van der Waals surface area contributed by atoms with E-state index in [-0.39, 0.29) is 0 Å². The number of ether oxygens (including phenoxy) is 1. The predicted molar refractivity (Wildman–Crippen MR) is 114 cm³/mol. The standard InChI is InChI=1S/C20H27BrN6O/c1-25(19-4-5-23-20(24-19)27-7-9-28-10-8-27)18-3-2-6-26(15-18)14-16-11-17(21)13-22-12-16/h4-5,11-13,18H,2-3,6-10,14-15H2,1H3. The lowest BCUT2D eigenvalue weighted by atomic mass is 10.0. The van der Waals surface area contributed by atoms with Gasteiger partial charge in [0.25, 0.3) is 0 Å². The van der Waals surface area contributed by atoms with E-state index >= 15 is 0 Å².